The van der Waals surface area contributed by atoms with Crippen molar-refractivity contribution in [2.45, 2.75) is 43.9 Å². The van der Waals surface area contributed by atoms with E-state index in [4.69, 9.17) is 9.47 Å². The van der Waals surface area contributed by atoms with Crippen molar-refractivity contribution in [2.24, 2.45) is 0 Å². The van der Waals surface area contributed by atoms with E-state index in [1.165, 1.54) is 111 Å². The molecule has 4 heteroatoms. The summed E-state index contributed by atoms with van der Waals surface area (Å²) < 4.78 is 11.7. The van der Waals surface area contributed by atoms with Crippen LogP contribution in [-0.2, 0) is 16.2 Å². The Hall–Kier alpha value is -6.72. The Labute approximate surface area is 369 Å². The van der Waals surface area contributed by atoms with Crippen molar-refractivity contribution >= 4 is 0 Å². The highest BCUT2D eigenvalue weighted by atomic mass is 16.5. The number of rotatable bonds is 8. The van der Waals surface area contributed by atoms with Crippen molar-refractivity contribution in [1.82, 2.24) is 0 Å². The highest BCUT2D eigenvalue weighted by Gasteiger charge is 2.52. The standard InChI is InChI=1S/C59H48O4/c1-57(2)49-24-16-35(29-48(49)47-23-18-40(34-54(47)57)63-28-26-61)37-14-20-45-41-9-5-7-11-50(41)59(55(45)31-37)51-12-8-6-10-42(51)46-21-15-38(32-56(46)59)36-13-19-43-44-22-17-39(62-27-25-60)33-53(44)58(3,4)52(43)30-36/h5-24,29-34,60-61H,25-28H2,1-4H3. The molecule has 12 rings (SSSR count). The number of aliphatic hydroxyl groups is 2. The summed E-state index contributed by atoms with van der Waals surface area (Å²) in [4.78, 5) is 0. The lowest BCUT2D eigenvalue weighted by atomic mass is 9.70. The maximum absolute atomic E-state index is 9.40. The van der Waals surface area contributed by atoms with Crippen molar-refractivity contribution in [2.75, 3.05) is 26.4 Å². The van der Waals surface area contributed by atoms with Crippen molar-refractivity contribution in [3.63, 3.8) is 0 Å². The highest BCUT2D eigenvalue weighted by molar-refractivity contribution is 5.97. The van der Waals surface area contributed by atoms with E-state index in [2.05, 4.69) is 173 Å². The molecule has 0 saturated carbocycles. The van der Waals surface area contributed by atoms with Gasteiger partial charge >= 0.3 is 0 Å². The molecular formula is C59H48O4. The van der Waals surface area contributed by atoms with Crippen molar-refractivity contribution in [3.05, 3.63) is 202 Å². The van der Waals surface area contributed by atoms with E-state index in [-0.39, 0.29) is 37.3 Å². The van der Waals surface area contributed by atoms with E-state index < -0.39 is 5.41 Å². The Balaban J connectivity index is 1.01. The van der Waals surface area contributed by atoms with Gasteiger partial charge in [-0.05, 0) is 160 Å². The number of fused-ring (bicyclic) bond motifs is 16. The third-order valence-electron chi connectivity index (χ3n) is 14.8. The molecular weight excluding hydrogens is 773 g/mol. The average molecular weight is 821 g/mol. The van der Waals surface area contributed by atoms with Gasteiger partial charge in [-0.15, -0.1) is 0 Å². The Kier molecular flexibility index (Phi) is 8.23. The van der Waals surface area contributed by atoms with Crippen molar-refractivity contribution in [3.8, 4) is 78.3 Å². The topological polar surface area (TPSA) is 58.9 Å². The second-order valence-electron chi connectivity index (χ2n) is 18.7. The van der Waals surface area contributed by atoms with Crippen molar-refractivity contribution in [1.29, 1.82) is 0 Å². The molecule has 8 aromatic rings. The van der Waals surface area contributed by atoms with Gasteiger partial charge in [0.05, 0.1) is 18.6 Å². The number of hydrogen-bond donors (Lipinski definition) is 2. The highest BCUT2D eigenvalue weighted by Crippen LogP contribution is 2.64. The molecule has 1 spiro atoms. The van der Waals surface area contributed by atoms with E-state index in [0.717, 1.165) is 11.5 Å². The van der Waals surface area contributed by atoms with E-state index in [0.29, 0.717) is 0 Å². The van der Waals surface area contributed by atoms with E-state index >= 15 is 0 Å². The van der Waals surface area contributed by atoms with Gasteiger partial charge in [-0.2, -0.15) is 0 Å². The fourth-order valence-electron chi connectivity index (χ4n) is 11.8. The predicted octanol–water partition coefficient (Wildman–Crippen LogP) is 12.7. The lowest BCUT2D eigenvalue weighted by Crippen LogP contribution is -2.26. The summed E-state index contributed by atoms with van der Waals surface area (Å²) in [5.41, 5.74) is 24.5. The van der Waals surface area contributed by atoms with Gasteiger partial charge in [-0.25, -0.2) is 0 Å². The van der Waals surface area contributed by atoms with Crippen LogP contribution in [0, 0.1) is 0 Å². The van der Waals surface area contributed by atoms with Gasteiger partial charge in [0.2, 0.25) is 0 Å². The van der Waals surface area contributed by atoms with Crippen LogP contribution in [0.2, 0.25) is 0 Å². The Morgan fingerprint density at radius 2 is 0.698 bits per heavy atom. The molecule has 0 aliphatic heterocycles. The predicted molar refractivity (Wildman–Crippen MR) is 254 cm³/mol. The fraction of sp³-hybridized carbons (Fsp3) is 0.186. The minimum atomic E-state index is -0.503. The van der Waals surface area contributed by atoms with Gasteiger partial charge in [0.1, 0.15) is 24.7 Å². The summed E-state index contributed by atoms with van der Waals surface area (Å²) in [6.07, 6.45) is 0. The number of hydrogen-bond acceptors (Lipinski definition) is 4. The molecule has 0 amide bonds. The molecule has 4 aliphatic rings. The molecule has 8 aromatic carbocycles. The Morgan fingerprint density at radius 1 is 0.333 bits per heavy atom. The maximum atomic E-state index is 9.40. The molecule has 0 bridgehead atoms. The quantitative estimate of drug-likeness (QED) is 0.160. The van der Waals surface area contributed by atoms with Crippen LogP contribution in [0.3, 0.4) is 0 Å². The summed E-state index contributed by atoms with van der Waals surface area (Å²) in [5, 5.41) is 18.8. The van der Waals surface area contributed by atoms with E-state index in [1.54, 1.807) is 0 Å². The Bertz CT molecular complexity index is 3210. The molecule has 1 atom stereocenters. The zero-order chi connectivity index (χ0) is 42.8. The molecule has 4 aliphatic carbocycles. The number of ether oxygens (including phenoxy) is 2. The van der Waals surface area contributed by atoms with Crippen LogP contribution < -0.4 is 9.47 Å². The van der Waals surface area contributed by atoms with Crippen LogP contribution >= 0.6 is 0 Å². The molecule has 1 unspecified atom stereocenters. The van der Waals surface area contributed by atoms with E-state index in [1.807, 2.05) is 12.1 Å². The van der Waals surface area contributed by atoms with E-state index in [9.17, 15) is 10.2 Å². The monoisotopic (exact) mass is 820 g/mol. The van der Waals surface area contributed by atoms with Gasteiger partial charge in [-0.3, -0.25) is 0 Å². The van der Waals surface area contributed by atoms with Crippen molar-refractivity contribution < 1.29 is 19.7 Å². The van der Waals surface area contributed by atoms with Crippen LogP contribution in [0.4, 0.5) is 0 Å². The fourth-order valence-corrected chi connectivity index (χ4v) is 11.8. The molecule has 308 valence electrons. The summed E-state index contributed by atoms with van der Waals surface area (Å²) in [6.45, 7) is 9.74. The third-order valence-corrected chi connectivity index (χ3v) is 14.8. The third kappa shape index (κ3) is 5.23. The first-order valence-electron chi connectivity index (χ1n) is 22.2. The van der Waals surface area contributed by atoms with Gasteiger partial charge in [0, 0.05) is 10.8 Å². The maximum Gasteiger partial charge on any atom is 0.119 e. The van der Waals surface area contributed by atoms with Crippen LogP contribution in [0.15, 0.2) is 158 Å². The first-order chi connectivity index (χ1) is 30.6. The zero-order valence-electron chi connectivity index (χ0n) is 36.1. The number of aliphatic hydroxyl groups excluding tert-OH is 2. The molecule has 4 nitrogen and oxygen atoms in total. The molecule has 63 heavy (non-hydrogen) atoms. The molecule has 0 radical (unpaired) electrons. The largest absolute Gasteiger partial charge is 0.491 e. The summed E-state index contributed by atoms with van der Waals surface area (Å²) >= 11 is 0. The first-order valence-corrected chi connectivity index (χ1v) is 22.2. The summed E-state index contributed by atoms with van der Waals surface area (Å²) in [7, 11) is 0. The molecule has 0 saturated heterocycles. The van der Waals surface area contributed by atoms with Gasteiger partial charge in [-0.1, -0.05) is 137 Å². The zero-order valence-corrected chi connectivity index (χ0v) is 36.1. The second kappa shape index (κ2) is 13.6. The number of benzene rings is 8. The van der Waals surface area contributed by atoms with Crippen LogP contribution in [0.1, 0.15) is 72.2 Å². The molecule has 0 fully saturated rings. The van der Waals surface area contributed by atoms with Gasteiger partial charge in [0.25, 0.3) is 0 Å². The van der Waals surface area contributed by atoms with Gasteiger partial charge < -0.3 is 19.7 Å². The lowest BCUT2D eigenvalue weighted by molar-refractivity contribution is 0.201. The first kappa shape index (κ1) is 38.0. The smallest absolute Gasteiger partial charge is 0.119 e. The van der Waals surface area contributed by atoms with Gasteiger partial charge in [0.15, 0.2) is 0 Å². The normalized spacial score (nSPS) is 17.0. The minimum Gasteiger partial charge on any atom is -0.491 e. The minimum absolute atomic E-state index is 0.0100. The lowest BCUT2D eigenvalue weighted by Gasteiger charge is -2.31. The average Bonchev–Trinajstić information content (AvgIpc) is 3.94. The molecule has 2 N–H and O–H groups in total. The van der Waals surface area contributed by atoms with Crippen LogP contribution in [0.25, 0.3) is 66.8 Å². The molecule has 0 aromatic heterocycles. The molecule has 0 heterocycles. The van der Waals surface area contributed by atoms with Crippen LogP contribution in [0.5, 0.6) is 11.5 Å². The summed E-state index contributed by atoms with van der Waals surface area (Å²) in [5.74, 6) is 1.58. The van der Waals surface area contributed by atoms with Crippen LogP contribution in [-0.4, -0.2) is 36.6 Å². The Morgan fingerprint density at radius 3 is 1.21 bits per heavy atom. The SMILES string of the molecule is CC1(C)c2ccc(-c3ccc4c(c3)C3(c5ccccc5-4)c4ccccc4-c4ccc(-c5ccc6c(c5)C(C)(C)c5cc(OCCO)ccc5-6)cc43)cc2-c2ccc(OCCO)cc21. The summed E-state index contributed by atoms with van der Waals surface area (Å²) in [6, 6.07) is 59.1. The second-order valence-corrected chi connectivity index (χ2v) is 18.7.